The van der Waals surface area contributed by atoms with Crippen LogP contribution < -0.4 is 11.1 Å². The Labute approximate surface area is 101 Å². The first-order valence-corrected chi connectivity index (χ1v) is 6.97. The van der Waals surface area contributed by atoms with Crippen molar-refractivity contribution in [1.29, 1.82) is 0 Å². The topological polar surface area (TPSA) is 50.9 Å². The molecule has 1 aromatic rings. The van der Waals surface area contributed by atoms with Gasteiger partial charge in [-0.25, -0.2) is 0 Å². The van der Waals surface area contributed by atoms with Crippen molar-refractivity contribution in [3.8, 4) is 0 Å². The van der Waals surface area contributed by atoms with Crippen LogP contribution in [-0.2, 0) is 0 Å². The molecule has 3 atom stereocenters. The molecule has 3 N–H and O–H groups in total. The van der Waals surface area contributed by atoms with Gasteiger partial charge >= 0.3 is 0 Å². The number of anilines is 2. The summed E-state index contributed by atoms with van der Waals surface area (Å²) in [5.41, 5.74) is 6.86. The maximum atomic E-state index is 5.74. The van der Waals surface area contributed by atoms with Gasteiger partial charge in [0.2, 0.25) is 0 Å². The molecule has 88 valence electrons. The molecular weight excluding hydrogens is 218 g/mol. The van der Waals surface area contributed by atoms with Crippen molar-refractivity contribution in [3.63, 3.8) is 0 Å². The predicted molar refractivity (Wildman–Crippen MR) is 68.7 cm³/mol. The van der Waals surface area contributed by atoms with Gasteiger partial charge in [0.05, 0.1) is 0 Å². The van der Waals surface area contributed by atoms with Crippen LogP contribution in [0.1, 0.15) is 31.2 Å². The minimum Gasteiger partial charge on any atom is -0.383 e. The number of hydrogen-bond acceptors (Lipinski definition) is 4. The van der Waals surface area contributed by atoms with Crippen LogP contribution in [0, 0.1) is 24.7 Å². The van der Waals surface area contributed by atoms with E-state index in [-0.39, 0.29) is 0 Å². The number of nitrogen functional groups attached to an aromatic ring is 1. The van der Waals surface area contributed by atoms with Crippen LogP contribution >= 0.6 is 11.5 Å². The van der Waals surface area contributed by atoms with Gasteiger partial charge in [-0.05, 0) is 55.5 Å². The summed E-state index contributed by atoms with van der Waals surface area (Å²) in [6, 6.07) is 0. The molecule has 1 aromatic heterocycles. The number of nitrogens with zero attached hydrogens (tertiary/aromatic N) is 1. The molecule has 2 aliphatic carbocycles. The van der Waals surface area contributed by atoms with E-state index in [1.165, 1.54) is 42.2 Å². The lowest BCUT2D eigenvalue weighted by molar-refractivity contribution is 0.348. The van der Waals surface area contributed by atoms with Gasteiger partial charge in [-0.2, -0.15) is 4.37 Å². The second kappa shape index (κ2) is 3.91. The summed E-state index contributed by atoms with van der Waals surface area (Å²) in [5.74, 6) is 3.59. The van der Waals surface area contributed by atoms with E-state index in [2.05, 4.69) is 9.69 Å². The van der Waals surface area contributed by atoms with Crippen molar-refractivity contribution in [2.45, 2.75) is 32.6 Å². The second-order valence-electron chi connectivity index (χ2n) is 5.34. The Balaban J connectivity index is 1.59. The first-order valence-electron chi connectivity index (χ1n) is 6.19. The maximum Gasteiger partial charge on any atom is 0.142 e. The van der Waals surface area contributed by atoms with Crippen molar-refractivity contribution in [2.75, 3.05) is 17.6 Å². The summed E-state index contributed by atoms with van der Waals surface area (Å²) in [5, 5.41) is 4.70. The second-order valence-corrected chi connectivity index (χ2v) is 6.11. The Hall–Kier alpha value is -0.770. The van der Waals surface area contributed by atoms with E-state index in [4.69, 9.17) is 5.73 Å². The smallest absolute Gasteiger partial charge is 0.142 e. The lowest BCUT2D eigenvalue weighted by atomic mass is 9.89. The Morgan fingerprint density at radius 1 is 1.44 bits per heavy atom. The van der Waals surface area contributed by atoms with Crippen molar-refractivity contribution >= 4 is 22.4 Å². The zero-order chi connectivity index (χ0) is 11.1. The van der Waals surface area contributed by atoms with Gasteiger partial charge < -0.3 is 11.1 Å². The van der Waals surface area contributed by atoms with Crippen LogP contribution in [-0.4, -0.2) is 10.9 Å². The monoisotopic (exact) mass is 237 g/mol. The number of nitrogens with one attached hydrogen (secondary N) is 1. The third-order valence-electron chi connectivity index (χ3n) is 4.37. The Kier molecular flexibility index (Phi) is 2.54. The zero-order valence-corrected chi connectivity index (χ0v) is 10.5. The lowest BCUT2D eigenvalue weighted by Gasteiger charge is -2.21. The highest BCUT2D eigenvalue weighted by atomic mass is 32.1. The van der Waals surface area contributed by atoms with Crippen molar-refractivity contribution in [3.05, 3.63) is 5.56 Å². The van der Waals surface area contributed by atoms with Gasteiger partial charge in [0.1, 0.15) is 10.8 Å². The Bertz CT molecular complexity index is 388. The number of hydrogen-bond donors (Lipinski definition) is 2. The molecule has 2 fully saturated rings. The fraction of sp³-hybridized carbons (Fsp3) is 0.750. The Morgan fingerprint density at radius 3 is 2.88 bits per heavy atom. The average molecular weight is 237 g/mol. The summed E-state index contributed by atoms with van der Waals surface area (Å²) < 4.78 is 4.17. The molecule has 0 radical (unpaired) electrons. The molecule has 3 nitrogen and oxygen atoms in total. The van der Waals surface area contributed by atoms with Gasteiger partial charge in [-0.1, -0.05) is 6.42 Å². The van der Waals surface area contributed by atoms with Gasteiger partial charge in [-0.15, -0.1) is 0 Å². The van der Waals surface area contributed by atoms with Gasteiger partial charge in [0.15, 0.2) is 0 Å². The molecular formula is C12H19N3S. The van der Waals surface area contributed by atoms with E-state index in [0.29, 0.717) is 5.82 Å². The minimum absolute atomic E-state index is 0.681. The van der Waals surface area contributed by atoms with Crippen molar-refractivity contribution in [2.24, 2.45) is 17.8 Å². The highest BCUT2D eigenvalue weighted by molar-refractivity contribution is 7.10. The van der Waals surface area contributed by atoms with Crippen LogP contribution in [0.5, 0.6) is 0 Å². The van der Waals surface area contributed by atoms with Crippen LogP contribution in [0.15, 0.2) is 0 Å². The molecule has 0 aliphatic heterocycles. The van der Waals surface area contributed by atoms with E-state index in [9.17, 15) is 0 Å². The molecule has 4 heteroatoms. The maximum absolute atomic E-state index is 5.74. The van der Waals surface area contributed by atoms with Gasteiger partial charge in [0, 0.05) is 12.1 Å². The average Bonchev–Trinajstić information content (AvgIpc) is 2.95. The summed E-state index contributed by atoms with van der Waals surface area (Å²) in [4.78, 5) is 0. The first kappa shape index (κ1) is 10.4. The Morgan fingerprint density at radius 2 is 2.31 bits per heavy atom. The van der Waals surface area contributed by atoms with Crippen molar-refractivity contribution < 1.29 is 0 Å². The van der Waals surface area contributed by atoms with Crippen LogP contribution in [0.25, 0.3) is 0 Å². The minimum atomic E-state index is 0.681. The zero-order valence-electron chi connectivity index (χ0n) is 9.70. The van der Waals surface area contributed by atoms with E-state index >= 15 is 0 Å². The summed E-state index contributed by atoms with van der Waals surface area (Å²) in [7, 11) is 0. The molecule has 2 saturated carbocycles. The lowest BCUT2D eigenvalue weighted by Crippen LogP contribution is -2.19. The van der Waals surface area contributed by atoms with E-state index < -0.39 is 0 Å². The predicted octanol–water partition coefficient (Wildman–Crippen LogP) is 2.88. The third kappa shape index (κ3) is 1.69. The molecule has 0 spiro atoms. The fourth-order valence-corrected chi connectivity index (χ4v) is 4.08. The molecule has 2 bridgehead atoms. The molecule has 3 rings (SSSR count). The molecule has 2 aliphatic rings. The van der Waals surface area contributed by atoms with Crippen LogP contribution in [0.3, 0.4) is 0 Å². The molecule has 0 amide bonds. The highest BCUT2D eigenvalue weighted by Crippen LogP contribution is 2.48. The van der Waals surface area contributed by atoms with Crippen LogP contribution in [0.4, 0.5) is 10.8 Å². The molecule has 3 unspecified atom stereocenters. The SMILES string of the molecule is Cc1c(N)nsc1NCC1CC2CCC1C2. The fourth-order valence-electron chi connectivity index (χ4n) is 3.36. The highest BCUT2D eigenvalue weighted by Gasteiger charge is 2.39. The standard InChI is InChI=1S/C12H19N3S/c1-7-11(13)15-16-12(7)14-6-10-5-8-2-3-9(10)4-8/h8-10,14H,2-6H2,1H3,(H2,13,15). The molecule has 16 heavy (non-hydrogen) atoms. The third-order valence-corrected chi connectivity index (χ3v) is 5.29. The molecule has 0 saturated heterocycles. The van der Waals surface area contributed by atoms with E-state index in [1.807, 2.05) is 6.92 Å². The normalized spacial score (nSPS) is 32.2. The molecule has 1 heterocycles. The quantitative estimate of drug-likeness (QED) is 0.850. The first-order chi connectivity index (χ1) is 7.74. The van der Waals surface area contributed by atoms with Crippen LogP contribution in [0.2, 0.25) is 0 Å². The number of fused-ring (bicyclic) bond motifs is 2. The summed E-state index contributed by atoms with van der Waals surface area (Å²) in [6.45, 7) is 3.16. The molecule has 0 aromatic carbocycles. The van der Waals surface area contributed by atoms with Gasteiger partial charge in [-0.3, -0.25) is 0 Å². The number of rotatable bonds is 3. The van der Waals surface area contributed by atoms with Crippen molar-refractivity contribution in [1.82, 2.24) is 4.37 Å². The summed E-state index contributed by atoms with van der Waals surface area (Å²) in [6.07, 6.45) is 5.86. The van der Waals surface area contributed by atoms with Gasteiger partial charge in [0.25, 0.3) is 0 Å². The van der Waals surface area contributed by atoms with E-state index in [1.54, 1.807) is 0 Å². The summed E-state index contributed by atoms with van der Waals surface area (Å²) >= 11 is 1.49. The number of aromatic nitrogens is 1. The number of nitrogens with two attached hydrogens (primary N) is 1. The van der Waals surface area contributed by atoms with E-state index in [0.717, 1.165) is 29.9 Å². The largest absolute Gasteiger partial charge is 0.383 e.